The third kappa shape index (κ3) is 2.08. The second-order valence-corrected chi connectivity index (χ2v) is 4.49. The van der Waals surface area contributed by atoms with E-state index in [4.69, 9.17) is 0 Å². The largest absolute Gasteiger partial charge is 0.331 e. The van der Waals surface area contributed by atoms with Gasteiger partial charge in [0.25, 0.3) is 0 Å². The van der Waals surface area contributed by atoms with Crippen LogP contribution in [0, 0.1) is 5.92 Å². The Hall–Kier alpha value is -0.990. The van der Waals surface area contributed by atoms with Crippen molar-refractivity contribution in [2.45, 2.75) is 46.7 Å². The van der Waals surface area contributed by atoms with Crippen molar-refractivity contribution in [3.63, 3.8) is 0 Å². The van der Waals surface area contributed by atoms with Crippen LogP contribution >= 0.6 is 0 Å². The predicted octanol–water partition coefficient (Wildman–Crippen LogP) is 2.35. The molecule has 0 bridgehead atoms. The molecule has 1 unspecified atom stereocenters. The number of hydrogen-bond donors (Lipinski definition) is 1. The Bertz CT molecular complexity index is 256. The quantitative estimate of drug-likeness (QED) is 0.722. The van der Waals surface area contributed by atoms with E-state index in [2.05, 4.69) is 25.2 Å². The van der Waals surface area contributed by atoms with Gasteiger partial charge in [-0.05, 0) is 32.8 Å². The topological polar surface area (TPSA) is 32.3 Å². The molecule has 0 aromatic heterocycles. The van der Waals surface area contributed by atoms with E-state index >= 15 is 0 Å². The first-order chi connectivity index (χ1) is 6.43. The molecule has 3 heteroatoms. The maximum Gasteiger partial charge on any atom is 0.322 e. The molecule has 0 aromatic carbocycles. The Balaban J connectivity index is 2.87. The number of urea groups is 1. The van der Waals surface area contributed by atoms with Gasteiger partial charge in [0.15, 0.2) is 0 Å². The average molecular weight is 196 g/mol. The molecular weight excluding hydrogens is 176 g/mol. The van der Waals surface area contributed by atoms with Crippen LogP contribution in [0.3, 0.4) is 0 Å². The van der Waals surface area contributed by atoms with E-state index in [1.165, 1.54) is 0 Å². The number of nitrogens with zero attached hydrogens (tertiary/aromatic N) is 1. The fourth-order valence-electron chi connectivity index (χ4n) is 1.76. The van der Waals surface area contributed by atoms with Crippen molar-refractivity contribution >= 4 is 6.03 Å². The monoisotopic (exact) mass is 196 g/mol. The summed E-state index contributed by atoms with van der Waals surface area (Å²) in [5, 5.41) is 2.99. The minimum Gasteiger partial charge on any atom is -0.331 e. The number of amides is 2. The molecule has 0 radical (unpaired) electrons. The SMILES string of the molecule is CC1=CC(C(C)C)NC(=O)N1C(C)C. The van der Waals surface area contributed by atoms with Crippen LogP contribution < -0.4 is 5.32 Å². The molecule has 0 aromatic rings. The van der Waals surface area contributed by atoms with E-state index in [1.807, 2.05) is 20.8 Å². The van der Waals surface area contributed by atoms with Crippen molar-refractivity contribution in [1.29, 1.82) is 0 Å². The van der Waals surface area contributed by atoms with Crippen LogP contribution in [0.15, 0.2) is 11.8 Å². The van der Waals surface area contributed by atoms with Crippen molar-refractivity contribution in [3.05, 3.63) is 11.8 Å². The first-order valence-corrected chi connectivity index (χ1v) is 5.21. The summed E-state index contributed by atoms with van der Waals surface area (Å²) in [6.45, 7) is 10.3. The molecule has 3 nitrogen and oxygen atoms in total. The molecule has 0 aliphatic carbocycles. The zero-order valence-electron chi connectivity index (χ0n) is 9.66. The van der Waals surface area contributed by atoms with Crippen molar-refractivity contribution in [2.24, 2.45) is 5.92 Å². The lowest BCUT2D eigenvalue weighted by Crippen LogP contribution is -2.51. The van der Waals surface area contributed by atoms with Gasteiger partial charge in [-0.25, -0.2) is 4.79 Å². The van der Waals surface area contributed by atoms with Gasteiger partial charge < -0.3 is 5.32 Å². The summed E-state index contributed by atoms with van der Waals surface area (Å²) in [5.41, 5.74) is 1.06. The molecule has 0 fully saturated rings. The van der Waals surface area contributed by atoms with Crippen molar-refractivity contribution in [3.8, 4) is 0 Å². The van der Waals surface area contributed by atoms with Gasteiger partial charge in [-0.1, -0.05) is 13.8 Å². The van der Waals surface area contributed by atoms with E-state index in [9.17, 15) is 4.79 Å². The highest BCUT2D eigenvalue weighted by molar-refractivity contribution is 5.78. The normalized spacial score (nSPS) is 22.8. The van der Waals surface area contributed by atoms with Gasteiger partial charge in [-0.3, -0.25) is 4.90 Å². The highest BCUT2D eigenvalue weighted by Gasteiger charge is 2.27. The summed E-state index contributed by atoms with van der Waals surface area (Å²) < 4.78 is 0. The molecule has 0 saturated carbocycles. The minimum absolute atomic E-state index is 0.0266. The molecule has 14 heavy (non-hydrogen) atoms. The van der Waals surface area contributed by atoms with Crippen LogP contribution in [0.4, 0.5) is 4.79 Å². The molecule has 80 valence electrons. The van der Waals surface area contributed by atoms with Crippen LogP contribution in [0.25, 0.3) is 0 Å². The first kappa shape index (κ1) is 11.1. The van der Waals surface area contributed by atoms with E-state index in [1.54, 1.807) is 4.90 Å². The van der Waals surface area contributed by atoms with Crippen molar-refractivity contribution in [2.75, 3.05) is 0 Å². The number of carbonyl (C=O) groups is 1. The highest BCUT2D eigenvalue weighted by atomic mass is 16.2. The van der Waals surface area contributed by atoms with Crippen LogP contribution in [0.2, 0.25) is 0 Å². The number of allylic oxidation sites excluding steroid dienone is 1. The summed E-state index contributed by atoms with van der Waals surface area (Å²) in [6, 6.07) is 0.426. The van der Waals surface area contributed by atoms with Crippen LogP contribution in [-0.2, 0) is 0 Å². The molecular formula is C11H20N2O. The van der Waals surface area contributed by atoms with Gasteiger partial charge in [0.1, 0.15) is 0 Å². The van der Waals surface area contributed by atoms with E-state index in [-0.39, 0.29) is 18.1 Å². The van der Waals surface area contributed by atoms with Gasteiger partial charge in [-0.2, -0.15) is 0 Å². The van der Waals surface area contributed by atoms with Gasteiger partial charge in [0, 0.05) is 11.7 Å². The Morgan fingerprint density at radius 3 is 2.29 bits per heavy atom. The summed E-state index contributed by atoms with van der Waals surface area (Å²) in [7, 11) is 0. The van der Waals surface area contributed by atoms with Gasteiger partial charge in [0.2, 0.25) is 0 Å². The van der Waals surface area contributed by atoms with E-state index in [0.29, 0.717) is 5.92 Å². The summed E-state index contributed by atoms with van der Waals surface area (Å²) in [4.78, 5) is 13.5. The smallest absolute Gasteiger partial charge is 0.322 e. The fraction of sp³-hybridized carbons (Fsp3) is 0.727. The standard InChI is InChI=1S/C11H20N2O/c1-7(2)10-6-9(5)13(8(3)4)11(14)12-10/h6-8,10H,1-5H3,(H,12,14). The molecule has 1 N–H and O–H groups in total. The highest BCUT2D eigenvalue weighted by Crippen LogP contribution is 2.18. The number of nitrogens with one attached hydrogen (secondary N) is 1. The second-order valence-electron chi connectivity index (χ2n) is 4.49. The lowest BCUT2D eigenvalue weighted by molar-refractivity contribution is 0.189. The number of rotatable bonds is 2. The van der Waals surface area contributed by atoms with Gasteiger partial charge in [-0.15, -0.1) is 0 Å². The maximum atomic E-state index is 11.7. The predicted molar refractivity (Wildman–Crippen MR) is 57.9 cm³/mol. The van der Waals surface area contributed by atoms with Crippen LogP contribution in [-0.4, -0.2) is 23.0 Å². The zero-order chi connectivity index (χ0) is 10.9. The fourth-order valence-corrected chi connectivity index (χ4v) is 1.76. The van der Waals surface area contributed by atoms with Gasteiger partial charge in [0.05, 0.1) is 6.04 Å². The third-order valence-electron chi connectivity index (χ3n) is 2.54. The number of carbonyl (C=O) groups excluding carboxylic acids is 1. The van der Waals surface area contributed by atoms with Crippen molar-refractivity contribution < 1.29 is 4.79 Å². The molecule has 2 amide bonds. The van der Waals surface area contributed by atoms with Crippen molar-refractivity contribution in [1.82, 2.24) is 10.2 Å². The Morgan fingerprint density at radius 2 is 1.93 bits per heavy atom. The van der Waals surface area contributed by atoms with Crippen LogP contribution in [0.5, 0.6) is 0 Å². The molecule has 1 heterocycles. The maximum absolute atomic E-state index is 11.7. The minimum atomic E-state index is 0.0266. The molecule has 1 atom stereocenters. The van der Waals surface area contributed by atoms with Gasteiger partial charge >= 0.3 is 6.03 Å². The lowest BCUT2D eigenvalue weighted by Gasteiger charge is -2.35. The molecule has 0 spiro atoms. The zero-order valence-corrected chi connectivity index (χ0v) is 9.66. The Kier molecular flexibility index (Phi) is 3.19. The molecule has 0 saturated heterocycles. The Morgan fingerprint density at radius 1 is 1.36 bits per heavy atom. The second kappa shape index (κ2) is 4.03. The third-order valence-corrected chi connectivity index (χ3v) is 2.54. The van der Waals surface area contributed by atoms with Crippen LogP contribution in [0.1, 0.15) is 34.6 Å². The van der Waals surface area contributed by atoms with E-state index < -0.39 is 0 Å². The molecule has 1 aliphatic rings. The molecule has 1 rings (SSSR count). The first-order valence-electron chi connectivity index (χ1n) is 5.21. The summed E-state index contributed by atoms with van der Waals surface area (Å²) >= 11 is 0. The number of hydrogen-bond acceptors (Lipinski definition) is 1. The Labute approximate surface area is 86.2 Å². The average Bonchev–Trinajstić information content (AvgIpc) is 2.01. The van der Waals surface area contributed by atoms with E-state index in [0.717, 1.165) is 5.70 Å². The molecule has 1 aliphatic heterocycles. The summed E-state index contributed by atoms with van der Waals surface area (Å²) in [5.74, 6) is 0.447. The lowest BCUT2D eigenvalue weighted by atomic mass is 10.0. The summed E-state index contributed by atoms with van der Waals surface area (Å²) in [6.07, 6.45) is 2.13.